The van der Waals surface area contributed by atoms with Gasteiger partial charge in [-0.25, -0.2) is 0 Å². The van der Waals surface area contributed by atoms with Crippen LogP contribution in [0, 0.1) is 13.8 Å². The maximum Gasteiger partial charge on any atom is 0.145 e. The van der Waals surface area contributed by atoms with Crippen LogP contribution in [0.2, 0.25) is 0 Å². The first-order chi connectivity index (χ1) is 8.86. The number of ether oxygens (including phenoxy) is 1. The molecule has 1 heterocycles. The van der Waals surface area contributed by atoms with E-state index in [1.54, 1.807) is 6.20 Å². The first-order valence-electron chi connectivity index (χ1n) is 6.57. The van der Waals surface area contributed by atoms with Crippen molar-refractivity contribution in [2.45, 2.75) is 40.0 Å². The van der Waals surface area contributed by atoms with Crippen LogP contribution in [-0.4, -0.2) is 4.98 Å². The SMILES string of the molecule is Cc1cncc(Oc2ccc(C(C)(C)C)cc2C)c1. The van der Waals surface area contributed by atoms with Crippen molar-refractivity contribution < 1.29 is 4.74 Å². The van der Waals surface area contributed by atoms with E-state index >= 15 is 0 Å². The summed E-state index contributed by atoms with van der Waals surface area (Å²) in [6.07, 6.45) is 3.56. The highest BCUT2D eigenvalue weighted by atomic mass is 16.5. The maximum absolute atomic E-state index is 5.90. The number of rotatable bonds is 2. The second kappa shape index (κ2) is 5.04. The largest absolute Gasteiger partial charge is 0.455 e. The van der Waals surface area contributed by atoms with Gasteiger partial charge >= 0.3 is 0 Å². The summed E-state index contributed by atoms with van der Waals surface area (Å²) in [5.41, 5.74) is 3.73. The molecular weight excluding hydrogens is 234 g/mol. The van der Waals surface area contributed by atoms with Crippen LogP contribution >= 0.6 is 0 Å². The van der Waals surface area contributed by atoms with E-state index in [1.165, 1.54) is 5.56 Å². The fourth-order valence-electron chi connectivity index (χ4n) is 1.94. The number of pyridine rings is 1. The van der Waals surface area contributed by atoms with E-state index in [9.17, 15) is 0 Å². The van der Waals surface area contributed by atoms with Crippen molar-refractivity contribution in [2.75, 3.05) is 0 Å². The molecule has 0 radical (unpaired) electrons. The molecule has 19 heavy (non-hydrogen) atoms. The van der Waals surface area contributed by atoms with Gasteiger partial charge in [0.1, 0.15) is 11.5 Å². The van der Waals surface area contributed by atoms with Crippen LogP contribution in [0.15, 0.2) is 36.7 Å². The van der Waals surface area contributed by atoms with Crippen molar-refractivity contribution in [3.05, 3.63) is 53.3 Å². The Morgan fingerprint density at radius 1 is 1.00 bits per heavy atom. The van der Waals surface area contributed by atoms with Crippen LogP contribution in [-0.2, 0) is 5.41 Å². The Kier molecular flexibility index (Phi) is 3.61. The minimum atomic E-state index is 0.161. The molecule has 0 atom stereocenters. The number of nitrogens with zero attached hydrogens (tertiary/aromatic N) is 1. The second-order valence-corrected chi connectivity index (χ2v) is 6.03. The van der Waals surface area contributed by atoms with Crippen LogP contribution in [0.3, 0.4) is 0 Å². The number of hydrogen-bond donors (Lipinski definition) is 0. The van der Waals surface area contributed by atoms with Gasteiger partial charge in [0, 0.05) is 6.20 Å². The van der Waals surface area contributed by atoms with Gasteiger partial charge in [-0.1, -0.05) is 32.9 Å². The Labute approximate surface area is 115 Å². The fourth-order valence-corrected chi connectivity index (χ4v) is 1.94. The van der Waals surface area contributed by atoms with E-state index in [-0.39, 0.29) is 5.41 Å². The van der Waals surface area contributed by atoms with Gasteiger partial charge in [-0.05, 0) is 48.1 Å². The molecule has 0 aliphatic rings. The Morgan fingerprint density at radius 2 is 1.74 bits per heavy atom. The molecule has 2 rings (SSSR count). The second-order valence-electron chi connectivity index (χ2n) is 6.03. The van der Waals surface area contributed by atoms with Crippen molar-refractivity contribution in [3.8, 4) is 11.5 Å². The average molecular weight is 255 g/mol. The average Bonchev–Trinajstić information content (AvgIpc) is 2.30. The van der Waals surface area contributed by atoms with E-state index in [4.69, 9.17) is 4.74 Å². The molecule has 0 bridgehead atoms. The third-order valence-electron chi connectivity index (χ3n) is 3.12. The molecule has 0 amide bonds. The Balaban J connectivity index is 2.27. The Morgan fingerprint density at radius 3 is 2.32 bits per heavy atom. The van der Waals surface area contributed by atoms with Crippen LogP contribution in [0.5, 0.6) is 11.5 Å². The minimum absolute atomic E-state index is 0.161. The number of benzene rings is 1. The lowest BCUT2D eigenvalue weighted by Crippen LogP contribution is -2.11. The van der Waals surface area contributed by atoms with Gasteiger partial charge in [0.25, 0.3) is 0 Å². The molecule has 2 heteroatoms. The Bertz CT molecular complexity index is 582. The summed E-state index contributed by atoms with van der Waals surface area (Å²) in [6.45, 7) is 10.7. The van der Waals surface area contributed by atoms with Crippen molar-refractivity contribution in [1.82, 2.24) is 4.98 Å². The molecule has 0 aliphatic carbocycles. The highest BCUT2D eigenvalue weighted by Gasteiger charge is 2.14. The molecular formula is C17H21NO. The molecule has 0 saturated heterocycles. The van der Waals surface area contributed by atoms with Gasteiger partial charge in [-0.15, -0.1) is 0 Å². The number of hydrogen-bond acceptors (Lipinski definition) is 2. The highest BCUT2D eigenvalue weighted by molar-refractivity contribution is 5.41. The first kappa shape index (κ1) is 13.6. The molecule has 0 saturated carbocycles. The predicted molar refractivity (Wildman–Crippen MR) is 78.9 cm³/mol. The Hall–Kier alpha value is -1.83. The quantitative estimate of drug-likeness (QED) is 0.769. The smallest absolute Gasteiger partial charge is 0.145 e. The summed E-state index contributed by atoms with van der Waals surface area (Å²) >= 11 is 0. The van der Waals surface area contributed by atoms with E-state index in [1.807, 2.05) is 25.3 Å². The summed E-state index contributed by atoms with van der Waals surface area (Å²) < 4.78 is 5.90. The van der Waals surface area contributed by atoms with Gasteiger partial charge in [0.15, 0.2) is 0 Å². The molecule has 0 fully saturated rings. The van der Waals surface area contributed by atoms with Crippen molar-refractivity contribution in [1.29, 1.82) is 0 Å². The van der Waals surface area contributed by atoms with E-state index in [0.29, 0.717) is 0 Å². The fraction of sp³-hybridized carbons (Fsp3) is 0.353. The molecule has 100 valence electrons. The molecule has 2 nitrogen and oxygen atoms in total. The lowest BCUT2D eigenvalue weighted by molar-refractivity contribution is 0.474. The third-order valence-corrected chi connectivity index (χ3v) is 3.12. The zero-order valence-corrected chi connectivity index (χ0v) is 12.3. The molecule has 1 aromatic carbocycles. The van der Waals surface area contributed by atoms with Crippen molar-refractivity contribution >= 4 is 0 Å². The van der Waals surface area contributed by atoms with Gasteiger partial charge in [0.05, 0.1) is 6.20 Å². The minimum Gasteiger partial charge on any atom is -0.455 e. The lowest BCUT2D eigenvalue weighted by Gasteiger charge is -2.20. The highest BCUT2D eigenvalue weighted by Crippen LogP contribution is 2.30. The normalized spacial score (nSPS) is 11.4. The van der Waals surface area contributed by atoms with Crippen LogP contribution in [0.25, 0.3) is 0 Å². The number of aryl methyl sites for hydroxylation is 2. The zero-order chi connectivity index (χ0) is 14.0. The predicted octanol–water partition coefficient (Wildman–Crippen LogP) is 4.79. The van der Waals surface area contributed by atoms with Crippen LogP contribution in [0.1, 0.15) is 37.5 Å². The summed E-state index contributed by atoms with van der Waals surface area (Å²) in [5, 5.41) is 0. The molecule has 0 N–H and O–H groups in total. The monoisotopic (exact) mass is 255 g/mol. The van der Waals surface area contributed by atoms with Crippen LogP contribution in [0.4, 0.5) is 0 Å². The molecule has 0 aliphatic heterocycles. The van der Waals surface area contributed by atoms with E-state index < -0.39 is 0 Å². The summed E-state index contributed by atoms with van der Waals surface area (Å²) in [4.78, 5) is 4.14. The third kappa shape index (κ3) is 3.34. The summed E-state index contributed by atoms with van der Waals surface area (Å²) in [6, 6.07) is 8.35. The maximum atomic E-state index is 5.90. The molecule has 0 unspecified atom stereocenters. The van der Waals surface area contributed by atoms with Crippen molar-refractivity contribution in [3.63, 3.8) is 0 Å². The van der Waals surface area contributed by atoms with Gasteiger partial charge in [0.2, 0.25) is 0 Å². The first-order valence-corrected chi connectivity index (χ1v) is 6.57. The van der Waals surface area contributed by atoms with E-state index in [0.717, 1.165) is 22.6 Å². The summed E-state index contributed by atoms with van der Waals surface area (Å²) in [7, 11) is 0. The van der Waals surface area contributed by atoms with Crippen LogP contribution < -0.4 is 4.74 Å². The van der Waals surface area contributed by atoms with Gasteiger partial charge in [-0.3, -0.25) is 4.98 Å². The van der Waals surface area contributed by atoms with E-state index in [2.05, 4.69) is 44.8 Å². The van der Waals surface area contributed by atoms with Gasteiger partial charge in [-0.2, -0.15) is 0 Å². The lowest BCUT2D eigenvalue weighted by atomic mass is 9.86. The van der Waals surface area contributed by atoms with Gasteiger partial charge < -0.3 is 4.74 Å². The standard InChI is InChI=1S/C17H21NO/c1-12-8-15(11-18-10-12)19-16-7-6-14(9-13(16)2)17(3,4)5/h6-11H,1-5H3. The summed E-state index contributed by atoms with van der Waals surface area (Å²) in [5.74, 6) is 1.67. The molecule has 1 aromatic heterocycles. The van der Waals surface area contributed by atoms with Crippen molar-refractivity contribution in [2.24, 2.45) is 0 Å². The molecule has 0 spiro atoms. The zero-order valence-electron chi connectivity index (χ0n) is 12.3. The molecule has 2 aromatic rings. The topological polar surface area (TPSA) is 22.1 Å². The number of aromatic nitrogens is 1.